The first kappa shape index (κ1) is 27.0. The Kier molecular flexibility index (Phi) is 11.7. The van der Waals surface area contributed by atoms with E-state index in [1.165, 1.54) is 11.8 Å². The highest BCUT2D eigenvalue weighted by atomic mass is 35.5. The van der Waals surface area contributed by atoms with Gasteiger partial charge in [-0.05, 0) is 31.2 Å². The summed E-state index contributed by atoms with van der Waals surface area (Å²) in [5.41, 5.74) is 5.86. The third-order valence-corrected chi connectivity index (χ3v) is 4.26. The van der Waals surface area contributed by atoms with Gasteiger partial charge >= 0.3 is 6.18 Å². The van der Waals surface area contributed by atoms with Crippen LogP contribution in [0.15, 0.2) is 39.2 Å². The van der Waals surface area contributed by atoms with Crippen LogP contribution in [0.1, 0.15) is 17.8 Å². The van der Waals surface area contributed by atoms with E-state index < -0.39 is 12.7 Å². The summed E-state index contributed by atoms with van der Waals surface area (Å²) in [4.78, 5) is 25.9. The zero-order valence-electron chi connectivity index (χ0n) is 15.3. The molecule has 0 aliphatic heterocycles. The minimum absolute atomic E-state index is 0. The third kappa shape index (κ3) is 10.4. The number of aryl methyl sites for hydroxylation is 2. The van der Waals surface area contributed by atoms with Crippen molar-refractivity contribution in [1.82, 2.24) is 15.0 Å². The smallest absolute Gasteiger partial charge is 0.370 e. The lowest BCUT2D eigenvalue weighted by Gasteiger charge is -2.08. The molecule has 0 aliphatic carbocycles. The van der Waals surface area contributed by atoms with Crippen LogP contribution < -0.4 is 16.6 Å². The fourth-order valence-corrected chi connectivity index (χ4v) is 2.78. The van der Waals surface area contributed by atoms with Gasteiger partial charge in [-0.3, -0.25) is 4.79 Å². The molecule has 0 radical (unpaired) electrons. The molecule has 0 unspecified atom stereocenters. The van der Waals surface area contributed by atoms with Crippen LogP contribution in [-0.4, -0.2) is 39.4 Å². The van der Waals surface area contributed by atoms with E-state index >= 15 is 0 Å². The Morgan fingerprint density at radius 1 is 1.34 bits per heavy atom. The average Bonchev–Trinajstić information content (AvgIpc) is 2.60. The number of anilines is 1. The molecule has 2 aromatic heterocycles. The second-order valence-corrected chi connectivity index (χ2v) is 6.71. The number of alkyl halides is 3. The Morgan fingerprint density at radius 3 is 2.72 bits per heavy atom. The van der Waals surface area contributed by atoms with Crippen LogP contribution in [0.2, 0.25) is 0 Å². The summed E-state index contributed by atoms with van der Waals surface area (Å²) in [5, 5.41) is 3.23. The largest absolute Gasteiger partial charge is 0.408 e. The van der Waals surface area contributed by atoms with E-state index in [2.05, 4.69) is 25.3 Å². The van der Waals surface area contributed by atoms with Crippen molar-refractivity contribution < 1.29 is 13.2 Å². The molecule has 2 aromatic rings. The van der Waals surface area contributed by atoms with Gasteiger partial charge in [0.15, 0.2) is 5.96 Å². The van der Waals surface area contributed by atoms with Crippen molar-refractivity contribution in [2.24, 2.45) is 10.7 Å². The Bertz CT molecular complexity index is 863. The fourth-order valence-electron chi connectivity index (χ4n) is 1.95. The highest BCUT2D eigenvalue weighted by Crippen LogP contribution is 2.19. The molecular weight excluding hydrogens is 452 g/mol. The summed E-state index contributed by atoms with van der Waals surface area (Å²) >= 11 is 1.47. The van der Waals surface area contributed by atoms with Crippen LogP contribution in [0.4, 0.5) is 19.0 Å². The van der Waals surface area contributed by atoms with Crippen molar-refractivity contribution in [2.45, 2.75) is 31.0 Å². The number of guanidine groups is 1. The van der Waals surface area contributed by atoms with Crippen LogP contribution in [0.3, 0.4) is 0 Å². The third-order valence-electron chi connectivity index (χ3n) is 3.25. The number of rotatable bonds is 7. The molecule has 29 heavy (non-hydrogen) atoms. The molecule has 0 bridgehead atoms. The summed E-state index contributed by atoms with van der Waals surface area (Å²) in [7, 11) is 0. The molecule has 0 amide bonds. The molecule has 4 N–H and O–H groups in total. The lowest BCUT2D eigenvalue weighted by Crippen LogP contribution is -2.26. The lowest BCUT2D eigenvalue weighted by molar-refractivity contribution is -0.118. The molecule has 2 heterocycles. The molecule has 7 nitrogen and oxygen atoms in total. The Morgan fingerprint density at radius 2 is 2.07 bits per heavy atom. The second-order valence-electron chi connectivity index (χ2n) is 5.60. The van der Waals surface area contributed by atoms with Gasteiger partial charge in [0.25, 0.3) is 5.56 Å². The predicted octanol–water partition coefficient (Wildman–Crippen LogP) is 3.33. The number of H-pyrrole nitrogens is 1. The van der Waals surface area contributed by atoms with E-state index in [0.29, 0.717) is 28.7 Å². The van der Waals surface area contributed by atoms with Gasteiger partial charge in [0.1, 0.15) is 18.2 Å². The normalized spacial score (nSPS) is 11.4. The second kappa shape index (κ2) is 12.6. The number of aliphatic imine (C=N–C) groups is 1. The number of aromatic amines is 1. The molecule has 0 spiro atoms. The molecule has 0 fully saturated rings. The number of nitrogens with two attached hydrogens (primary N) is 1. The van der Waals surface area contributed by atoms with Crippen molar-refractivity contribution in [1.29, 1.82) is 0 Å². The Labute approximate surface area is 182 Å². The van der Waals surface area contributed by atoms with Gasteiger partial charge in [-0.15, -0.1) is 36.6 Å². The molecule has 0 saturated heterocycles. The standard InChI is InChI=1S/C16H19F3N6OS.2ClH/c1-10-8-21-11(24-14(10)26)5-3-7-27-13-6-2-4-12(23-13)25-15(20)22-9-16(17,18)19;;/h2,4,6,8H,3,5,7,9H2,1H3,(H,21,24,26)(H3,20,22,23,25);2*1H. The van der Waals surface area contributed by atoms with Crippen molar-refractivity contribution in [3.05, 3.63) is 46.1 Å². The van der Waals surface area contributed by atoms with E-state index in [4.69, 9.17) is 5.73 Å². The maximum Gasteiger partial charge on any atom is 0.408 e. The molecule has 0 aliphatic rings. The SMILES string of the molecule is Cc1cnc(CCCSc2cccc(NC(N)=NCC(F)(F)F)n2)[nH]c1=O.Cl.Cl. The number of hydrogen-bond donors (Lipinski definition) is 3. The highest BCUT2D eigenvalue weighted by molar-refractivity contribution is 7.99. The summed E-state index contributed by atoms with van der Waals surface area (Å²) < 4.78 is 36.4. The van der Waals surface area contributed by atoms with E-state index in [1.54, 1.807) is 31.3 Å². The van der Waals surface area contributed by atoms with Crippen LogP contribution in [0, 0.1) is 6.92 Å². The number of aromatic nitrogens is 3. The lowest BCUT2D eigenvalue weighted by atomic mass is 10.3. The molecule has 162 valence electrons. The summed E-state index contributed by atoms with van der Waals surface area (Å²) in [6.07, 6.45) is -1.47. The van der Waals surface area contributed by atoms with Crippen molar-refractivity contribution in [3.8, 4) is 0 Å². The van der Waals surface area contributed by atoms with Crippen molar-refractivity contribution >= 4 is 48.4 Å². The van der Waals surface area contributed by atoms with E-state index in [9.17, 15) is 18.0 Å². The quantitative estimate of drug-likeness (QED) is 0.246. The molecule has 0 aromatic carbocycles. The minimum Gasteiger partial charge on any atom is -0.370 e. The Hall–Kier alpha value is -1.98. The molecule has 0 saturated carbocycles. The van der Waals surface area contributed by atoms with Crippen LogP contribution in [-0.2, 0) is 6.42 Å². The van der Waals surface area contributed by atoms with Gasteiger partial charge in [-0.25, -0.2) is 15.0 Å². The molecular formula is C16H21Cl2F3N6OS. The maximum absolute atomic E-state index is 12.1. The zero-order valence-corrected chi connectivity index (χ0v) is 17.8. The number of nitrogens with one attached hydrogen (secondary N) is 2. The van der Waals surface area contributed by atoms with Crippen LogP contribution in [0.25, 0.3) is 0 Å². The first-order valence-electron chi connectivity index (χ1n) is 8.01. The van der Waals surface area contributed by atoms with Crippen LogP contribution >= 0.6 is 36.6 Å². The molecule has 0 atom stereocenters. The van der Waals surface area contributed by atoms with E-state index in [-0.39, 0.29) is 36.3 Å². The van der Waals surface area contributed by atoms with E-state index in [0.717, 1.165) is 12.2 Å². The number of pyridine rings is 1. The van der Waals surface area contributed by atoms with Gasteiger partial charge in [-0.2, -0.15) is 13.2 Å². The number of halogens is 5. The van der Waals surface area contributed by atoms with Gasteiger partial charge in [0.2, 0.25) is 0 Å². The minimum atomic E-state index is -4.41. The van der Waals surface area contributed by atoms with Gasteiger partial charge < -0.3 is 16.0 Å². The predicted molar refractivity (Wildman–Crippen MR) is 114 cm³/mol. The first-order valence-corrected chi connectivity index (χ1v) is 9.00. The average molecular weight is 473 g/mol. The fraction of sp³-hybridized carbons (Fsp3) is 0.375. The zero-order chi connectivity index (χ0) is 19.9. The van der Waals surface area contributed by atoms with Crippen molar-refractivity contribution in [2.75, 3.05) is 17.6 Å². The summed E-state index contributed by atoms with van der Waals surface area (Å²) in [6.45, 7) is 0.341. The van der Waals surface area contributed by atoms with Crippen molar-refractivity contribution in [3.63, 3.8) is 0 Å². The van der Waals surface area contributed by atoms with Gasteiger partial charge in [0.05, 0.1) is 5.03 Å². The number of nitrogens with zero attached hydrogens (tertiary/aromatic N) is 3. The molecule has 2 rings (SSSR count). The molecule has 13 heteroatoms. The first-order chi connectivity index (χ1) is 12.7. The van der Waals surface area contributed by atoms with Gasteiger partial charge in [-0.1, -0.05) is 6.07 Å². The van der Waals surface area contributed by atoms with Crippen LogP contribution in [0.5, 0.6) is 0 Å². The number of thioether (sulfide) groups is 1. The van der Waals surface area contributed by atoms with Gasteiger partial charge in [0, 0.05) is 18.2 Å². The van der Waals surface area contributed by atoms with E-state index in [1.807, 2.05) is 0 Å². The topological polar surface area (TPSA) is 109 Å². The maximum atomic E-state index is 12.1. The highest BCUT2D eigenvalue weighted by Gasteiger charge is 2.26. The Balaban J connectivity index is 0.00000392. The summed E-state index contributed by atoms with van der Waals surface area (Å²) in [5.74, 6) is 1.32. The monoisotopic (exact) mass is 472 g/mol. The number of hydrogen-bond acceptors (Lipinski definition) is 5. The summed E-state index contributed by atoms with van der Waals surface area (Å²) in [6, 6.07) is 5.08.